The van der Waals surface area contributed by atoms with Crippen LogP contribution >= 0.6 is 0 Å². The van der Waals surface area contributed by atoms with Gasteiger partial charge in [-0.05, 0) is 17.2 Å². The fourth-order valence-corrected chi connectivity index (χ4v) is 2.49. The van der Waals surface area contributed by atoms with Crippen molar-refractivity contribution in [1.29, 1.82) is 0 Å². The zero-order valence-electron chi connectivity index (χ0n) is 12.0. The largest absolute Gasteiger partial charge is 0.481 e. The van der Waals surface area contributed by atoms with E-state index in [1.807, 2.05) is 6.07 Å². The molecule has 1 aromatic heterocycles. The average molecular weight is 311 g/mol. The van der Waals surface area contributed by atoms with Crippen molar-refractivity contribution in [3.63, 3.8) is 0 Å². The molecule has 0 unspecified atom stereocenters. The highest BCUT2D eigenvalue weighted by atomic mass is 16.5. The molecule has 6 heteroatoms. The second-order valence-electron chi connectivity index (χ2n) is 5.16. The molecule has 0 fully saturated rings. The van der Waals surface area contributed by atoms with Crippen molar-refractivity contribution in [2.24, 2.45) is 0 Å². The Kier molecular flexibility index (Phi) is 3.80. The Morgan fingerprint density at radius 2 is 1.65 bits per heavy atom. The maximum atomic E-state index is 10.9. The molecule has 0 aliphatic rings. The molecule has 3 aromatic rings. The lowest BCUT2D eigenvalue weighted by Crippen LogP contribution is -2.00. The summed E-state index contributed by atoms with van der Waals surface area (Å²) in [6.07, 6.45) is -0.166. The maximum absolute atomic E-state index is 10.9. The fourth-order valence-electron chi connectivity index (χ4n) is 2.49. The van der Waals surface area contributed by atoms with Gasteiger partial charge in [0.25, 0.3) is 0 Å². The summed E-state index contributed by atoms with van der Waals surface area (Å²) in [6.45, 7) is 0. The van der Waals surface area contributed by atoms with Gasteiger partial charge in [0.1, 0.15) is 5.52 Å². The van der Waals surface area contributed by atoms with Crippen LogP contribution in [-0.2, 0) is 22.4 Å². The summed E-state index contributed by atoms with van der Waals surface area (Å²) in [5.74, 6) is -1.28. The van der Waals surface area contributed by atoms with Crippen molar-refractivity contribution in [1.82, 2.24) is 5.16 Å². The van der Waals surface area contributed by atoms with Gasteiger partial charge in [-0.2, -0.15) is 0 Å². The molecule has 0 aliphatic carbocycles. The third-order valence-corrected chi connectivity index (χ3v) is 3.51. The number of rotatable bonds is 5. The molecule has 6 nitrogen and oxygen atoms in total. The van der Waals surface area contributed by atoms with Crippen molar-refractivity contribution in [2.75, 3.05) is 0 Å². The van der Waals surface area contributed by atoms with Gasteiger partial charge in [-0.3, -0.25) is 9.59 Å². The Balaban J connectivity index is 2.00. The minimum absolute atomic E-state index is 0.0415. The Bertz CT molecular complexity index is 880. The zero-order chi connectivity index (χ0) is 16.4. The lowest BCUT2D eigenvalue weighted by molar-refractivity contribution is -0.137. The molecular weight excluding hydrogens is 298 g/mol. The number of benzene rings is 2. The van der Waals surface area contributed by atoms with E-state index < -0.39 is 11.9 Å². The molecule has 0 atom stereocenters. The minimum Gasteiger partial charge on any atom is -0.481 e. The van der Waals surface area contributed by atoms with E-state index in [1.54, 1.807) is 36.4 Å². The fraction of sp³-hybridized carbons (Fsp3) is 0.118. The number of fused-ring (bicyclic) bond motifs is 1. The first-order valence-corrected chi connectivity index (χ1v) is 6.95. The summed E-state index contributed by atoms with van der Waals surface area (Å²) in [7, 11) is 0. The second kappa shape index (κ2) is 5.92. The molecule has 0 bridgehead atoms. The van der Waals surface area contributed by atoms with Crippen molar-refractivity contribution >= 4 is 22.8 Å². The molecule has 0 amide bonds. The first-order chi connectivity index (χ1) is 11.0. The Morgan fingerprint density at radius 1 is 0.957 bits per heavy atom. The maximum Gasteiger partial charge on any atom is 0.307 e. The number of aliphatic carboxylic acids is 2. The van der Waals surface area contributed by atoms with Gasteiger partial charge in [-0.15, -0.1) is 0 Å². The van der Waals surface area contributed by atoms with Crippen molar-refractivity contribution in [3.8, 4) is 11.3 Å². The molecule has 1 heterocycles. The molecular formula is C17H13NO5. The first kappa shape index (κ1) is 14.8. The molecule has 0 spiro atoms. The van der Waals surface area contributed by atoms with Crippen LogP contribution in [0.1, 0.15) is 11.1 Å². The number of carboxylic acids is 2. The van der Waals surface area contributed by atoms with Crippen LogP contribution in [0.4, 0.5) is 0 Å². The summed E-state index contributed by atoms with van der Waals surface area (Å²) in [5.41, 5.74) is 2.57. The van der Waals surface area contributed by atoms with Gasteiger partial charge in [-0.25, -0.2) is 0 Å². The van der Waals surface area contributed by atoms with Crippen LogP contribution in [0.2, 0.25) is 0 Å². The van der Waals surface area contributed by atoms with Crippen LogP contribution in [0.15, 0.2) is 47.0 Å². The summed E-state index contributed by atoms with van der Waals surface area (Å²) in [5, 5.41) is 22.5. The minimum atomic E-state index is -0.930. The van der Waals surface area contributed by atoms with Crippen LogP contribution in [-0.4, -0.2) is 27.3 Å². The highest BCUT2D eigenvalue weighted by Crippen LogP contribution is 2.30. The van der Waals surface area contributed by atoms with Crippen LogP contribution < -0.4 is 0 Å². The highest BCUT2D eigenvalue weighted by molar-refractivity contribution is 5.94. The normalized spacial score (nSPS) is 10.8. The summed E-state index contributed by atoms with van der Waals surface area (Å²) in [4.78, 5) is 21.6. The first-order valence-electron chi connectivity index (χ1n) is 6.95. The van der Waals surface area contributed by atoms with Crippen LogP contribution in [0.3, 0.4) is 0 Å². The monoisotopic (exact) mass is 311 g/mol. The number of nitrogens with zero attached hydrogens (tertiary/aromatic N) is 1. The van der Waals surface area contributed by atoms with Gasteiger partial charge in [0, 0.05) is 5.56 Å². The van der Waals surface area contributed by atoms with Crippen LogP contribution in [0.5, 0.6) is 0 Å². The second-order valence-corrected chi connectivity index (χ2v) is 5.16. The van der Waals surface area contributed by atoms with Crippen molar-refractivity contribution in [2.45, 2.75) is 12.8 Å². The van der Waals surface area contributed by atoms with E-state index >= 15 is 0 Å². The molecule has 3 rings (SSSR count). The number of aromatic nitrogens is 1. The molecule has 2 N–H and O–H groups in total. The highest BCUT2D eigenvalue weighted by Gasteiger charge is 2.15. The van der Waals surface area contributed by atoms with Gasteiger partial charge in [-0.1, -0.05) is 41.6 Å². The average Bonchev–Trinajstić information content (AvgIpc) is 2.92. The smallest absolute Gasteiger partial charge is 0.307 e. The van der Waals surface area contributed by atoms with Gasteiger partial charge < -0.3 is 14.7 Å². The van der Waals surface area contributed by atoms with E-state index in [-0.39, 0.29) is 12.8 Å². The predicted octanol–water partition coefficient (Wildman–Crippen LogP) is 2.75. The molecule has 0 aliphatic heterocycles. The summed E-state index contributed by atoms with van der Waals surface area (Å²) in [6, 6.07) is 12.3. The van der Waals surface area contributed by atoms with Gasteiger partial charge >= 0.3 is 11.9 Å². The van der Waals surface area contributed by atoms with Crippen LogP contribution in [0.25, 0.3) is 22.2 Å². The third kappa shape index (κ3) is 3.06. The Labute approximate surface area is 131 Å². The lowest BCUT2D eigenvalue weighted by Gasteiger charge is -2.01. The van der Waals surface area contributed by atoms with Crippen molar-refractivity contribution in [3.05, 3.63) is 53.6 Å². The lowest BCUT2D eigenvalue weighted by atomic mass is 10.0. The van der Waals surface area contributed by atoms with E-state index in [2.05, 4.69) is 5.16 Å². The number of carboxylic acid groups (broad SMARTS) is 2. The third-order valence-electron chi connectivity index (χ3n) is 3.51. The quantitative estimate of drug-likeness (QED) is 0.751. The van der Waals surface area contributed by atoms with E-state index in [0.29, 0.717) is 22.4 Å². The molecule has 0 saturated heterocycles. The standard InChI is InChI=1S/C17H13NO5/c19-14(20)8-10-4-6-11(7-5-10)17-13-3-1-2-12(9-15(21)22)16(13)18-23-17/h1-7H,8-9H2,(H,19,20)(H,21,22). The Morgan fingerprint density at radius 3 is 2.30 bits per heavy atom. The summed E-state index contributed by atoms with van der Waals surface area (Å²) >= 11 is 0. The molecule has 0 radical (unpaired) electrons. The molecule has 116 valence electrons. The number of hydrogen-bond acceptors (Lipinski definition) is 4. The van der Waals surface area contributed by atoms with E-state index in [1.165, 1.54) is 0 Å². The van der Waals surface area contributed by atoms with Crippen LogP contribution in [0, 0.1) is 0 Å². The number of hydrogen-bond donors (Lipinski definition) is 2. The molecule has 23 heavy (non-hydrogen) atoms. The van der Waals surface area contributed by atoms with Gasteiger partial charge in [0.15, 0.2) is 5.76 Å². The van der Waals surface area contributed by atoms with E-state index in [9.17, 15) is 9.59 Å². The topological polar surface area (TPSA) is 101 Å². The van der Waals surface area contributed by atoms with Crippen molar-refractivity contribution < 1.29 is 24.3 Å². The SMILES string of the molecule is O=C(O)Cc1ccc(-c2onc3c(CC(=O)O)cccc23)cc1. The van der Waals surface area contributed by atoms with E-state index in [0.717, 1.165) is 10.9 Å². The number of carbonyl (C=O) groups is 2. The zero-order valence-corrected chi connectivity index (χ0v) is 12.0. The summed E-state index contributed by atoms with van der Waals surface area (Å²) < 4.78 is 5.39. The molecule has 0 saturated carbocycles. The van der Waals surface area contributed by atoms with Gasteiger partial charge in [0.05, 0.1) is 18.2 Å². The molecule has 2 aromatic carbocycles. The van der Waals surface area contributed by atoms with E-state index in [4.69, 9.17) is 14.7 Å². The predicted molar refractivity (Wildman–Crippen MR) is 82.1 cm³/mol. The van der Waals surface area contributed by atoms with Gasteiger partial charge in [0.2, 0.25) is 0 Å². The Hall–Kier alpha value is -3.15.